The van der Waals surface area contributed by atoms with Crippen molar-refractivity contribution in [1.82, 2.24) is 9.80 Å². The molecule has 6 heteroatoms. The van der Waals surface area contributed by atoms with Crippen LogP contribution in [0.3, 0.4) is 0 Å². The molecule has 3 aliphatic rings. The maximum absolute atomic E-state index is 12.4. The lowest BCUT2D eigenvalue weighted by atomic mass is 10.0. The first-order valence-electron chi connectivity index (χ1n) is 8.00. The topological polar surface area (TPSA) is 51.2 Å². The van der Waals surface area contributed by atoms with Gasteiger partial charge in [0.1, 0.15) is 0 Å². The Kier molecular flexibility index (Phi) is 4.49. The van der Waals surface area contributed by atoms with E-state index < -0.39 is 5.79 Å². The number of morpholine rings is 1. The molecule has 1 spiro atoms. The highest BCUT2D eigenvalue weighted by Gasteiger charge is 2.41. The first-order valence-corrected chi connectivity index (χ1v) is 8.00. The van der Waals surface area contributed by atoms with Crippen LogP contribution in [0.25, 0.3) is 0 Å². The Balaban J connectivity index is 1.48. The molecular formula is C15H26N2O4. The quantitative estimate of drug-likeness (QED) is 0.741. The highest BCUT2D eigenvalue weighted by molar-refractivity contribution is 5.78. The van der Waals surface area contributed by atoms with Gasteiger partial charge in [-0.2, -0.15) is 0 Å². The van der Waals surface area contributed by atoms with Gasteiger partial charge in [0.25, 0.3) is 0 Å². The average molecular weight is 298 g/mol. The summed E-state index contributed by atoms with van der Waals surface area (Å²) in [6.45, 7) is 9.10. The third-order valence-corrected chi connectivity index (χ3v) is 4.55. The van der Waals surface area contributed by atoms with Crippen molar-refractivity contribution in [3.63, 3.8) is 0 Å². The van der Waals surface area contributed by atoms with Gasteiger partial charge in [0.15, 0.2) is 5.79 Å². The van der Waals surface area contributed by atoms with E-state index in [9.17, 15) is 4.79 Å². The number of hydrogen-bond acceptors (Lipinski definition) is 5. The Bertz CT molecular complexity index is 364. The second-order valence-corrected chi connectivity index (χ2v) is 6.44. The Hall–Kier alpha value is -0.690. The molecule has 3 rings (SSSR count). The summed E-state index contributed by atoms with van der Waals surface area (Å²) in [6, 6.07) is 0. The van der Waals surface area contributed by atoms with E-state index in [2.05, 4.69) is 18.7 Å². The highest BCUT2D eigenvalue weighted by Crippen LogP contribution is 2.31. The number of hydrogen-bond donors (Lipinski definition) is 0. The molecule has 0 aromatic carbocycles. The van der Waals surface area contributed by atoms with E-state index >= 15 is 0 Å². The smallest absolute Gasteiger partial charge is 0.236 e. The summed E-state index contributed by atoms with van der Waals surface area (Å²) in [6.07, 6.45) is 1.97. The normalized spacial score (nSPS) is 33.5. The zero-order valence-electron chi connectivity index (χ0n) is 13.0. The van der Waals surface area contributed by atoms with Gasteiger partial charge in [0.2, 0.25) is 5.91 Å². The fourth-order valence-corrected chi connectivity index (χ4v) is 3.59. The van der Waals surface area contributed by atoms with Crippen LogP contribution >= 0.6 is 0 Å². The number of amides is 1. The summed E-state index contributed by atoms with van der Waals surface area (Å²) < 4.78 is 17.1. The Morgan fingerprint density at radius 2 is 1.67 bits per heavy atom. The molecule has 21 heavy (non-hydrogen) atoms. The number of ether oxygens (including phenoxy) is 3. The monoisotopic (exact) mass is 298 g/mol. The fourth-order valence-electron chi connectivity index (χ4n) is 3.59. The average Bonchev–Trinajstić information content (AvgIpc) is 2.86. The molecule has 2 unspecified atom stereocenters. The number of likely N-dealkylation sites (tertiary alicyclic amines) is 1. The molecule has 0 aliphatic carbocycles. The van der Waals surface area contributed by atoms with E-state index in [0.29, 0.717) is 19.8 Å². The third kappa shape index (κ3) is 3.56. The van der Waals surface area contributed by atoms with Crippen molar-refractivity contribution in [2.24, 2.45) is 0 Å². The van der Waals surface area contributed by atoms with Crippen molar-refractivity contribution < 1.29 is 19.0 Å². The van der Waals surface area contributed by atoms with Crippen molar-refractivity contribution in [2.45, 2.75) is 44.7 Å². The van der Waals surface area contributed by atoms with E-state index in [-0.39, 0.29) is 18.1 Å². The number of carbonyl (C=O) groups is 1. The summed E-state index contributed by atoms with van der Waals surface area (Å²) in [5.74, 6) is -0.192. The number of carbonyl (C=O) groups excluding carboxylic acids is 1. The van der Waals surface area contributed by atoms with Crippen LogP contribution in [0.4, 0.5) is 0 Å². The lowest BCUT2D eigenvalue weighted by molar-refractivity contribution is -0.188. The van der Waals surface area contributed by atoms with E-state index in [0.717, 1.165) is 39.0 Å². The molecule has 3 fully saturated rings. The predicted octanol–water partition coefficient (Wildman–Crippen LogP) is 0.461. The molecule has 2 atom stereocenters. The van der Waals surface area contributed by atoms with Gasteiger partial charge in [-0.1, -0.05) is 0 Å². The molecule has 0 aromatic rings. The molecule has 0 bridgehead atoms. The van der Waals surface area contributed by atoms with Crippen LogP contribution in [-0.4, -0.2) is 79.6 Å². The van der Waals surface area contributed by atoms with Gasteiger partial charge < -0.3 is 19.1 Å². The van der Waals surface area contributed by atoms with Gasteiger partial charge in [-0.25, -0.2) is 0 Å². The molecule has 1 amide bonds. The van der Waals surface area contributed by atoms with Crippen LogP contribution < -0.4 is 0 Å². The van der Waals surface area contributed by atoms with E-state index in [1.807, 2.05) is 4.90 Å². The largest absolute Gasteiger partial charge is 0.373 e. The molecular weight excluding hydrogens is 272 g/mol. The Morgan fingerprint density at radius 1 is 1.10 bits per heavy atom. The molecule has 0 saturated carbocycles. The van der Waals surface area contributed by atoms with Crippen LogP contribution in [0.1, 0.15) is 26.7 Å². The summed E-state index contributed by atoms with van der Waals surface area (Å²) >= 11 is 0. The minimum atomic E-state index is -0.404. The second kappa shape index (κ2) is 6.20. The maximum Gasteiger partial charge on any atom is 0.236 e. The lowest BCUT2D eigenvalue weighted by Crippen LogP contribution is -2.52. The van der Waals surface area contributed by atoms with E-state index in [1.54, 1.807) is 0 Å². The number of rotatable bonds is 2. The van der Waals surface area contributed by atoms with Gasteiger partial charge in [0, 0.05) is 39.0 Å². The fraction of sp³-hybridized carbons (Fsp3) is 0.933. The van der Waals surface area contributed by atoms with Gasteiger partial charge in [-0.3, -0.25) is 9.69 Å². The van der Waals surface area contributed by atoms with E-state index in [4.69, 9.17) is 14.2 Å². The van der Waals surface area contributed by atoms with Crippen LogP contribution in [0, 0.1) is 0 Å². The van der Waals surface area contributed by atoms with Crippen molar-refractivity contribution in [1.29, 1.82) is 0 Å². The SMILES string of the molecule is CC1CN(CC(=O)N2CCC3(CC2)OCCO3)CC(C)O1. The van der Waals surface area contributed by atoms with Crippen molar-refractivity contribution in [3.8, 4) is 0 Å². The summed E-state index contributed by atoms with van der Waals surface area (Å²) in [7, 11) is 0. The van der Waals surface area contributed by atoms with Crippen molar-refractivity contribution >= 4 is 5.91 Å². The van der Waals surface area contributed by atoms with Gasteiger partial charge in [-0.05, 0) is 13.8 Å². The molecule has 0 N–H and O–H groups in total. The number of piperidine rings is 1. The molecule has 0 radical (unpaired) electrons. The number of nitrogens with zero attached hydrogens (tertiary/aromatic N) is 2. The molecule has 3 heterocycles. The zero-order chi connectivity index (χ0) is 14.9. The van der Waals surface area contributed by atoms with Crippen molar-refractivity contribution in [3.05, 3.63) is 0 Å². The summed E-state index contributed by atoms with van der Waals surface area (Å²) in [4.78, 5) is 16.6. The molecule has 3 saturated heterocycles. The second-order valence-electron chi connectivity index (χ2n) is 6.44. The van der Waals surface area contributed by atoms with Crippen LogP contribution in [0.5, 0.6) is 0 Å². The first-order chi connectivity index (χ1) is 10.1. The molecule has 0 aromatic heterocycles. The van der Waals surface area contributed by atoms with Crippen LogP contribution in [-0.2, 0) is 19.0 Å². The zero-order valence-corrected chi connectivity index (χ0v) is 13.0. The van der Waals surface area contributed by atoms with Crippen LogP contribution in [0.15, 0.2) is 0 Å². The predicted molar refractivity (Wildman–Crippen MR) is 76.9 cm³/mol. The molecule has 3 aliphatic heterocycles. The first kappa shape index (κ1) is 15.2. The summed E-state index contributed by atoms with van der Waals surface area (Å²) in [5.41, 5.74) is 0. The minimum absolute atomic E-state index is 0.200. The highest BCUT2D eigenvalue weighted by atomic mass is 16.7. The Morgan fingerprint density at radius 3 is 2.24 bits per heavy atom. The maximum atomic E-state index is 12.4. The van der Waals surface area contributed by atoms with Crippen molar-refractivity contribution in [2.75, 3.05) is 45.9 Å². The lowest BCUT2D eigenvalue weighted by Gasteiger charge is -2.39. The summed E-state index contributed by atoms with van der Waals surface area (Å²) in [5, 5.41) is 0. The van der Waals surface area contributed by atoms with E-state index in [1.165, 1.54) is 0 Å². The van der Waals surface area contributed by atoms with Crippen LogP contribution in [0.2, 0.25) is 0 Å². The molecule has 120 valence electrons. The van der Waals surface area contributed by atoms with Gasteiger partial charge in [0.05, 0.1) is 32.0 Å². The standard InChI is InChI=1S/C15H26N2O4/c1-12-9-16(10-13(2)21-12)11-14(18)17-5-3-15(4-6-17)19-7-8-20-15/h12-13H,3-11H2,1-2H3. The molecule has 6 nitrogen and oxygen atoms in total. The third-order valence-electron chi connectivity index (χ3n) is 4.55. The van der Waals surface area contributed by atoms with Gasteiger partial charge >= 0.3 is 0 Å². The minimum Gasteiger partial charge on any atom is -0.373 e. The van der Waals surface area contributed by atoms with Gasteiger partial charge in [-0.15, -0.1) is 0 Å². The Labute approximate surface area is 126 Å².